The van der Waals surface area contributed by atoms with Gasteiger partial charge in [0.25, 0.3) is 0 Å². The van der Waals surface area contributed by atoms with Crippen LogP contribution in [0.3, 0.4) is 0 Å². The predicted octanol–water partition coefficient (Wildman–Crippen LogP) is 2.44. The first kappa shape index (κ1) is 15.4. The smallest absolute Gasteiger partial charge is 0.231 e. The van der Waals surface area contributed by atoms with Gasteiger partial charge in [-0.3, -0.25) is 9.89 Å². The Bertz CT molecular complexity index is 774. The highest BCUT2D eigenvalue weighted by atomic mass is 32.2. The van der Waals surface area contributed by atoms with Crippen molar-refractivity contribution in [1.82, 2.24) is 15.1 Å². The molecular formula is C17H19N3O3S. The number of hydrogen-bond donors (Lipinski definition) is 1. The highest BCUT2D eigenvalue weighted by molar-refractivity contribution is 7.98. The first-order valence-electron chi connectivity index (χ1n) is 7.99. The van der Waals surface area contributed by atoms with Crippen molar-refractivity contribution in [2.24, 2.45) is 0 Å². The zero-order chi connectivity index (χ0) is 16.5. The second-order valence-corrected chi connectivity index (χ2v) is 6.89. The largest absolute Gasteiger partial charge is 0.454 e. The van der Waals surface area contributed by atoms with E-state index < -0.39 is 0 Å². The lowest BCUT2D eigenvalue weighted by Crippen LogP contribution is -2.36. The van der Waals surface area contributed by atoms with E-state index in [2.05, 4.69) is 10.2 Å². The number of hydrogen-bond acceptors (Lipinski definition) is 5. The molecule has 4 rings (SSSR count). The molecule has 1 aromatic heterocycles. The molecular weight excluding hydrogens is 326 g/mol. The molecule has 2 aliphatic rings. The number of aromatic nitrogens is 2. The van der Waals surface area contributed by atoms with Gasteiger partial charge in [-0.15, -0.1) is 0 Å². The molecule has 3 heterocycles. The van der Waals surface area contributed by atoms with E-state index in [9.17, 15) is 4.79 Å². The van der Waals surface area contributed by atoms with Crippen LogP contribution in [0.5, 0.6) is 11.5 Å². The summed E-state index contributed by atoms with van der Waals surface area (Å²) >= 11 is 1.70. The standard InChI is InChI=1S/C17H19N3O3S/c1-24-7-5-16(21)20-6-4-13-12(9-20)17(19-18-13)11-2-3-14-15(8-11)23-10-22-14/h2-3,8H,4-7,9-10H2,1H3,(H,18,19). The van der Waals surface area contributed by atoms with Gasteiger partial charge in [0.15, 0.2) is 11.5 Å². The third-order valence-corrected chi connectivity index (χ3v) is 5.06. The van der Waals surface area contributed by atoms with E-state index in [1.54, 1.807) is 11.8 Å². The van der Waals surface area contributed by atoms with Crippen LogP contribution < -0.4 is 9.47 Å². The number of H-pyrrole nitrogens is 1. The van der Waals surface area contributed by atoms with Crippen LogP contribution in [-0.4, -0.2) is 46.4 Å². The lowest BCUT2D eigenvalue weighted by atomic mass is 10.0. The predicted molar refractivity (Wildman–Crippen MR) is 92.3 cm³/mol. The number of ether oxygens (including phenoxy) is 2. The Morgan fingerprint density at radius 3 is 3.12 bits per heavy atom. The second-order valence-electron chi connectivity index (χ2n) is 5.91. The normalized spacial score (nSPS) is 15.5. The molecule has 0 saturated carbocycles. The SMILES string of the molecule is CSCCC(=O)N1CCc2[nH]nc(-c3ccc4c(c3)OCO4)c2C1. The fourth-order valence-corrected chi connectivity index (χ4v) is 3.52. The molecule has 2 aliphatic heterocycles. The molecule has 0 atom stereocenters. The highest BCUT2D eigenvalue weighted by Gasteiger charge is 2.26. The Kier molecular flexibility index (Phi) is 4.10. The number of rotatable bonds is 4. The van der Waals surface area contributed by atoms with E-state index in [0.717, 1.165) is 52.7 Å². The lowest BCUT2D eigenvalue weighted by Gasteiger charge is -2.27. The molecule has 0 spiro atoms. The number of amides is 1. The maximum Gasteiger partial charge on any atom is 0.231 e. The van der Waals surface area contributed by atoms with Gasteiger partial charge in [0.2, 0.25) is 12.7 Å². The molecule has 1 aromatic carbocycles. The Labute approximate surface area is 144 Å². The van der Waals surface area contributed by atoms with Crippen LogP contribution in [-0.2, 0) is 17.8 Å². The molecule has 0 saturated heterocycles. The summed E-state index contributed by atoms with van der Waals surface area (Å²) in [6, 6.07) is 5.84. The van der Waals surface area contributed by atoms with Gasteiger partial charge in [-0.25, -0.2) is 0 Å². The van der Waals surface area contributed by atoms with Crippen LogP contribution in [0.4, 0.5) is 0 Å². The summed E-state index contributed by atoms with van der Waals surface area (Å²) in [6.45, 7) is 1.63. The van der Waals surface area contributed by atoms with Crippen molar-refractivity contribution in [3.05, 3.63) is 29.5 Å². The number of fused-ring (bicyclic) bond motifs is 2. The van der Waals surface area contributed by atoms with Crippen molar-refractivity contribution >= 4 is 17.7 Å². The molecule has 0 aliphatic carbocycles. The van der Waals surface area contributed by atoms with Crippen LogP contribution in [0.1, 0.15) is 17.7 Å². The van der Waals surface area contributed by atoms with Crippen LogP contribution in [0.2, 0.25) is 0 Å². The second kappa shape index (κ2) is 6.39. The number of nitrogens with one attached hydrogen (secondary N) is 1. The van der Waals surface area contributed by atoms with Gasteiger partial charge in [-0.2, -0.15) is 16.9 Å². The zero-order valence-electron chi connectivity index (χ0n) is 13.5. The van der Waals surface area contributed by atoms with Crippen LogP contribution in [0.25, 0.3) is 11.3 Å². The summed E-state index contributed by atoms with van der Waals surface area (Å²) in [4.78, 5) is 14.3. The van der Waals surface area contributed by atoms with Crippen molar-refractivity contribution < 1.29 is 14.3 Å². The van der Waals surface area contributed by atoms with Gasteiger partial charge in [0, 0.05) is 48.5 Å². The third kappa shape index (κ3) is 2.73. The van der Waals surface area contributed by atoms with Gasteiger partial charge >= 0.3 is 0 Å². The minimum atomic E-state index is 0.216. The Morgan fingerprint density at radius 1 is 1.38 bits per heavy atom. The minimum Gasteiger partial charge on any atom is -0.454 e. The number of carbonyl (C=O) groups is 1. The molecule has 2 aromatic rings. The first-order valence-corrected chi connectivity index (χ1v) is 9.38. The van der Waals surface area contributed by atoms with E-state index in [1.165, 1.54) is 0 Å². The molecule has 0 unspecified atom stereocenters. The maximum absolute atomic E-state index is 12.3. The average Bonchev–Trinajstić information content (AvgIpc) is 3.24. The average molecular weight is 345 g/mol. The molecule has 1 N–H and O–H groups in total. The maximum atomic E-state index is 12.3. The van der Waals surface area contributed by atoms with Gasteiger partial charge in [-0.1, -0.05) is 0 Å². The molecule has 126 valence electrons. The van der Waals surface area contributed by atoms with Crippen molar-refractivity contribution in [2.45, 2.75) is 19.4 Å². The van der Waals surface area contributed by atoms with Gasteiger partial charge in [0.1, 0.15) is 0 Å². The Hall–Kier alpha value is -2.15. The van der Waals surface area contributed by atoms with Gasteiger partial charge < -0.3 is 14.4 Å². The van der Waals surface area contributed by atoms with Crippen LogP contribution in [0.15, 0.2) is 18.2 Å². The fraction of sp³-hybridized carbons (Fsp3) is 0.412. The van der Waals surface area contributed by atoms with E-state index in [-0.39, 0.29) is 12.7 Å². The number of aromatic amines is 1. The Balaban J connectivity index is 1.60. The third-order valence-electron chi connectivity index (χ3n) is 4.45. The first-order chi connectivity index (χ1) is 11.8. The van der Waals surface area contributed by atoms with Gasteiger partial charge in [0.05, 0.1) is 5.69 Å². The quantitative estimate of drug-likeness (QED) is 0.922. The molecule has 6 nitrogen and oxygen atoms in total. The van der Waals surface area contributed by atoms with E-state index in [1.807, 2.05) is 29.4 Å². The summed E-state index contributed by atoms with van der Waals surface area (Å²) in [5.74, 6) is 2.58. The number of benzene rings is 1. The monoisotopic (exact) mass is 345 g/mol. The molecule has 1 amide bonds. The highest BCUT2D eigenvalue weighted by Crippen LogP contribution is 2.37. The lowest BCUT2D eigenvalue weighted by molar-refractivity contribution is -0.131. The summed E-state index contributed by atoms with van der Waals surface area (Å²) in [6.07, 6.45) is 3.43. The van der Waals surface area contributed by atoms with Crippen molar-refractivity contribution in [2.75, 3.05) is 25.3 Å². The minimum absolute atomic E-state index is 0.216. The summed E-state index contributed by atoms with van der Waals surface area (Å²) in [7, 11) is 0. The molecule has 7 heteroatoms. The molecule has 24 heavy (non-hydrogen) atoms. The molecule has 0 fully saturated rings. The van der Waals surface area contributed by atoms with Crippen LogP contribution >= 0.6 is 11.8 Å². The summed E-state index contributed by atoms with van der Waals surface area (Å²) in [5, 5.41) is 7.62. The molecule has 0 radical (unpaired) electrons. The van der Waals surface area contributed by atoms with Crippen LogP contribution in [0, 0.1) is 0 Å². The van der Waals surface area contributed by atoms with Crippen molar-refractivity contribution in [3.63, 3.8) is 0 Å². The van der Waals surface area contributed by atoms with Crippen molar-refractivity contribution in [3.8, 4) is 22.8 Å². The number of carbonyl (C=O) groups excluding carboxylic acids is 1. The topological polar surface area (TPSA) is 67.5 Å². The van der Waals surface area contributed by atoms with E-state index >= 15 is 0 Å². The summed E-state index contributed by atoms with van der Waals surface area (Å²) in [5.41, 5.74) is 4.11. The summed E-state index contributed by atoms with van der Waals surface area (Å²) < 4.78 is 10.8. The zero-order valence-corrected chi connectivity index (χ0v) is 14.3. The number of thioether (sulfide) groups is 1. The molecule has 0 bridgehead atoms. The Morgan fingerprint density at radius 2 is 2.25 bits per heavy atom. The van der Waals surface area contributed by atoms with E-state index in [4.69, 9.17) is 9.47 Å². The fourth-order valence-electron chi connectivity index (χ4n) is 3.14. The van der Waals surface area contributed by atoms with E-state index in [0.29, 0.717) is 13.0 Å². The number of nitrogens with zero attached hydrogens (tertiary/aromatic N) is 2. The van der Waals surface area contributed by atoms with Crippen molar-refractivity contribution in [1.29, 1.82) is 0 Å². The van der Waals surface area contributed by atoms with Gasteiger partial charge in [-0.05, 0) is 24.5 Å².